The molecule has 76 valence electrons. The minimum absolute atomic E-state index is 0.820. The number of nitrogens with zero attached hydrogens (tertiary/aromatic N) is 1. The van der Waals surface area contributed by atoms with Crippen molar-refractivity contribution in [2.24, 2.45) is 5.92 Å². The van der Waals surface area contributed by atoms with Crippen molar-refractivity contribution in [2.75, 3.05) is 31.6 Å². The number of hydrogen-bond donors (Lipinski definition) is 1. The summed E-state index contributed by atoms with van der Waals surface area (Å²) in [7, 11) is 2.03. The van der Waals surface area contributed by atoms with Crippen LogP contribution in [0.25, 0.3) is 0 Å². The number of nitrogens with one attached hydrogen (secondary N) is 1. The van der Waals surface area contributed by atoms with Crippen LogP contribution in [0.1, 0.15) is 6.42 Å². The molecule has 1 aromatic carbocycles. The van der Waals surface area contributed by atoms with Gasteiger partial charge in [-0.25, -0.2) is 0 Å². The molecule has 1 N–H and O–H groups in total. The van der Waals surface area contributed by atoms with E-state index in [9.17, 15) is 0 Å². The first-order valence-electron chi connectivity index (χ1n) is 5.35. The maximum absolute atomic E-state index is 3.25. The number of rotatable bonds is 3. The predicted molar refractivity (Wildman–Crippen MR) is 60.7 cm³/mol. The Morgan fingerprint density at radius 3 is 2.86 bits per heavy atom. The van der Waals surface area contributed by atoms with Gasteiger partial charge in [-0.3, -0.25) is 0 Å². The minimum atomic E-state index is 0.820. The summed E-state index contributed by atoms with van der Waals surface area (Å²) in [5.41, 5.74) is 1.37. The molecule has 0 amide bonds. The van der Waals surface area contributed by atoms with Crippen LogP contribution in [0.4, 0.5) is 5.69 Å². The van der Waals surface area contributed by atoms with E-state index in [2.05, 4.69) is 40.5 Å². The third-order valence-electron chi connectivity index (χ3n) is 2.90. The molecule has 2 rings (SSSR count). The Hall–Kier alpha value is -1.02. The van der Waals surface area contributed by atoms with E-state index in [0.717, 1.165) is 12.5 Å². The summed E-state index contributed by atoms with van der Waals surface area (Å²) in [6, 6.07) is 10.7. The molecule has 0 bridgehead atoms. The lowest BCUT2D eigenvalue weighted by molar-refractivity contribution is 0.549. The van der Waals surface area contributed by atoms with Crippen molar-refractivity contribution in [3.63, 3.8) is 0 Å². The Labute approximate surface area is 85.9 Å². The van der Waals surface area contributed by atoms with Crippen LogP contribution in [-0.4, -0.2) is 26.7 Å². The average molecular weight is 190 g/mol. The molecule has 1 aromatic rings. The fraction of sp³-hybridized carbons (Fsp3) is 0.500. The number of benzene rings is 1. The van der Waals surface area contributed by atoms with Gasteiger partial charge in [0.05, 0.1) is 0 Å². The Morgan fingerprint density at radius 2 is 2.14 bits per heavy atom. The van der Waals surface area contributed by atoms with E-state index >= 15 is 0 Å². The van der Waals surface area contributed by atoms with Gasteiger partial charge in [0.25, 0.3) is 0 Å². The smallest absolute Gasteiger partial charge is 0.0366 e. The van der Waals surface area contributed by atoms with E-state index in [1.807, 2.05) is 7.05 Å². The first-order valence-corrected chi connectivity index (χ1v) is 5.35. The normalized spacial score (nSPS) is 21.5. The Balaban J connectivity index is 1.96. The van der Waals surface area contributed by atoms with E-state index in [1.54, 1.807) is 0 Å². The third-order valence-corrected chi connectivity index (χ3v) is 2.90. The molecular formula is C12H18N2. The highest BCUT2D eigenvalue weighted by atomic mass is 15.2. The van der Waals surface area contributed by atoms with Gasteiger partial charge in [-0.2, -0.15) is 0 Å². The van der Waals surface area contributed by atoms with E-state index in [1.165, 1.54) is 25.2 Å². The van der Waals surface area contributed by atoms with Gasteiger partial charge in [-0.15, -0.1) is 0 Å². The topological polar surface area (TPSA) is 15.3 Å². The SMILES string of the molecule is CNC[C@@H]1CCN(c2ccccc2)C1. The molecule has 0 radical (unpaired) electrons. The summed E-state index contributed by atoms with van der Waals surface area (Å²) >= 11 is 0. The second kappa shape index (κ2) is 4.47. The molecule has 1 heterocycles. The van der Waals surface area contributed by atoms with Gasteiger partial charge in [-0.1, -0.05) is 18.2 Å². The molecule has 0 saturated carbocycles. The molecule has 1 atom stereocenters. The molecule has 1 saturated heterocycles. The lowest BCUT2D eigenvalue weighted by Crippen LogP contribution is -2.24. The van der Waals surface area contributed by atoms with E-state index in [0.29, 0.717) is 0 Å². The third kappa shape index (κ3) is 2.07. The second-order valence-corrected chi connectivity index (χ2v) is 3.99. The van der Waals surface area contributed by atoms with Gasteiger partial charge < -0.3 is 10.2 Å². The zero-order valence-electron chi connectivity index (χ0n) is 8.74. The van der Waals surface area contributed by atoms with Gasteiger partial charge in [0.2, 0.25) is 0 Å². The molecule has 1 aliphatic rings. The van der Waals surface area contributed by atoms with Crippen molar-refractivity contribution in [1.82, 2.24) is 5.32 Å². The minimum Gasteiger partial charge on any atom is -0.371 e. The number of anilines is 1. The molecule has 1 fully saturated rings. The molecule has 0 unspecified atom stereocenters. The highest BCUT2D eigenvalue weighted by Crippen LogP contribution is 2.22. The summed E-state index contributed by atoms with van der Waals surface area (Å²) in [5, 5.41) is 3.25. The molecule has 0 spiro atoms. The van der Waals surface area contributed by atoms with Crippen LogP contribution in [0.2, 0.25) is 0 Å². The van der Waals surface area contributed by atoms with Gasteiger partial charge in [0, 0.05) is 18.8 Å². The number of para-hydroxylation sites is 1. The van der Waals surface area contributed by atoms with Crippen LogP contribution in [0.3, 0.4) is 0 Å². The van der Waals surface area contributed by atoms with Crippen molar-refractivity contribution in [2.45, 2.75) is 6.42 Å². The predicted octanol–water partition coefficient (Wildman–Crippen LogP) is 1.73. The lowest BCUT2D eigenvalue weighted by Gasteiger charge is -2.18. The maximum Gasteiger partial charge on any atom is 0.0366 e. The largest absolute Gasteiger partial charge is 0.371 e. The Kier molecular flexibility index (Phi) is 3.04. The summed E-state index contributed by atoms with van der Waals surface area (Å²) < 4.78 is 0. The van der Waals surface area contributed by atoms with Crippen molar-refractivity contribution >= 4 is 5.69 Å². The molecule has 1 aliphatic heterocycles. The summed E-state index contributed by atoms with van der Waals surface area (Å²) in [5.74, 6) is 0.820. The average Bonchev–Trinajstić information content (AvgIpc) is 2.68. The van der Waals surface area contributed by atoms with Crippen molar-refractivity contribution in [1.29, 1.82) is 0 Å². The van der Waals surface area contributed by atoms with Gasteiger partial charge in [-0.05, 0) is 38.1 Å². The molecule has 2 heteroatoms. The second-order valence-electron chi connectivity index (χ2n) is 3.99. The first-order chi connectivity index (χ1) is 6.90. The molecule has 2 nitrogen and oxygen atoms in total. The summed E-state index contributed by atoms with van der Waals surface area (Å²) in [4.78, 5) is 2.47. The van der Waals surface area contributed by atoms with Crippen LogP contribution in [0, 0.1) is 5.92 Å². The van der Waals surface area contributed by atoms with E-state index in [-0.39, 0.29) is 0 Å². The highest BCUT2D eigenvalue weighted by molar-refractivity contribution is 5.46. The molecular weight excluding hydrogens is 172 g/mol. The fourth-order valence-corrected chi connectivity index (χ4v) is 2.16. The highest BCUT2D eigenvalue weighted by Gasteiger charge is 2.21. The van der Waals surface area contributed by atoms with Crippen LogP contribution in [-0.2, 0) is 0 Å². The zero-order chi connectivity index (χ0) is 9.80. The molecule has 0 aliphatic carbocycles. The molecule has 0 aromatic heterocycles. The van der Waals surface area contributed by atoms with Crippen LogP contribution < -0.4 is 10.2 Å². The van der Waals surface area contributed by atoms with E-state index in [4.69, 9.17) is 0 Å². The van der Waals surface area contributed by atoms with Crippen molar-refractivity contribution < 1.29 is 0 Å². The summed E-state index contributed by atoms with van der Waals surface area (Å²) in [6.45, 7) is 3.55. The van der Waals surface area contributed by atoms with Crippen LogP contribution >= 0.6 is 0 Å². The summed E-state index contributed by atoms with van der Waals surface area (Å²) in [6.07, 6.45) is 1.32. The Morgan fingerprint density at radius 1 is 1.36 bits per heavy atom. The standard InChI is InChI=1S/C12H18N2/c1-13-9-11-7-8-14(10-11)12-5-3-2-4-6-12/h2-6,11,13H,7-10H2,1H3/t11-/m0/s1. The zero-order valence-corrected chi connectivity index (χ0v) is 8.74. The quantitative estimate of drug-likeness (QED) is 0.781. The fourth-order valence-electron chi connectivity index (χ4n) is 2.16. The maximum atomic E-state index is 3.25. The van der Waals surface area contributed by atoms with Crippen molar-refractivity contribution in [3.05, 3.63) is 30.3 Å². The van der Waals surface area contributed by atoms with Crippen molar-refractivity contribution in [3.8, 4) is 0 Å². The molecule has 14 heavy (non-hydrogen) atoms. The van der Waals surface area contributed by atoms with Gasteiger partial charge >= 0.3 is 0 Å². The lowest BCUT2D eigenvalue weighted by atomic mass is 10.1. The monoisotopic (exact) mass is 190 g/mol. The van der Waals surface area contributed by atoms with Gasteiger partial charge in [0.15, 0.2) is 0 Å². The van der Waals surface area contributed by atoms with E-state index < -0.39 is 0 Å². The van der Waals surface area contributed by atoms with Crippen LogP contribution in [0.5, 0.6) is 0 Å². The van der Waals surface area contributed by atoms with Crippen LogP contribution in [0.15, 0.2) is 30.3 Å². The first kappa shape index (κ1) is 9.53. The Bertz CT molecular complexity index is 271. The number of hydrogen-bond acceptors (Lipinski definition) is 2. The van der Waals surface area contributed by atoms with Gasteiger partial charge in [0.1, 0.15) is 0 Å².